The molecule has 0 atom stereocenters. The number of hydrogen-bond donors (Lipinski definition) is 1. The van der Waals surface area contributed by atoms with Gasteiger partial charge in [-0.25, -0.2) is 9.37 Å². The molecule has 1 aromatic heterocycles. The van der Waals surface area contributed by atoms with E-state index in [-0.39, 0.29) is 11.9 Å². The van der Waals surface area contributed by atoms with Crippen LogP contribution in [0.5, 0.6) is 0 Å². The van der Waals surface area contributed by atoms with Crippen LogP contribution in [0.25, 0.3) is 11.3 Å². The van der Waals surface area contributed by atoms with E-state index in [1.54, 1.807) is 12.1 Å². The number of benzene rings is 1. The Bertz CT molecular complexity index is 605. The van der Waals surface area contributed by atoms with Gasteiger partial charge in [0.15, 0.2) is 0 Å². The van der Waals surface area contributed by atoms with Gasteiger partial charge in [0.25, 0.3) is 0 Å². The molecule has 2 rings (SSSR count). The predicted octanol–water partition coefficient (Wildman–Crippen LogP) is 4.18. The van der Waals surface area contributed by atoms with Gasteiger partial charge in [-0.2, -0.15) is 0 Å². The lowest BCUT2D eigenvalue weighted by atomic mass is 10.1. The fourth-order valence-corrected chi connectivity index (χ4v) is 2.55. The number of imidazole rings is 1. The van der Waals surface area contributed by atoms with E-state index in [1.807, 2.05) is 11.5 Å². The number of nitrogens with zero attached hydrogens (tertiary/aromatic N) is 2. The van der Waals surface area contributed by atoms with Gasteiger partial charge in [-0.15, -0.1) is 0 Å². The minimum Gasteiger partial charge on any atom is -0.383 e. The number of aromatic nitrogens is 2. The molecule has 3 nitrogen and oxygen atoms in total. The molecule has 1 heterocycles. The van der Waals surface area contributed by atoms with Gasteiger partial charge in [-0.1, -0.05) is 6.92 Å². The predicted molar refractivity (Wildman–Crippen MR) is 79.5 cm³/mol. The highest BCUT2D eigenvalue weighted by atomic mass is 79.9. The summed E-state index contributed by atoms with van der Waals surface area (Å²) in [6.07, 6.45) is 0.810. The molecule has 1 aromatic carbocycles. The summed E-state index contributed by atoms with van der Waals surface area (Å²) in [4.78, 5) is 4.59. The highest BCUT2D eigenvalue weighted by molar-refractivity contribution is 9.10. The van der Waals surface area contributed by atoms with Crippen LogP contribution in [-0.4, -0.2) is 9.55 Å². The maximum atomic E-state index is 13.3. The van der Waals surface area contributed by atoms with E-state index < -0.39 is 0 Å². The summed E-state index contributed by atoms with van der Waals surface area (Å²) in [6, 6.07) is 5.07. The molecule has 5 heteroatoms. The maximum absolute atomic E-state index is 13.3. The zero-order chi connectivity index (χ0) is 14.2. The highest BCUT2D eigenvalue weighted by Gasteiger charge is 2.17. The van der Waals surface area contributed by atoms with Crippen molar-refractivity contribution in [1.82, 2.24) is 9.55 Å². The van der Waals surface area contributed by atoms with Crippen molar-refractivity contribution in [2.75, 3.05) is 5.73 Å². The average Bonchev–Trinajstić information content (AvgIpc) is 2.70. The first-order valence-corrected chi connectivity index (χ1v) is 7.07. The van der Waals surface area contributed by atoms with E-state index in [2.05, 4.69) is 34.8 Å². The lowest BCUT2D eigenvalue weighted by molar-refractivity contribution is 0.579. The Hall–Kier alpha value is -1.36. The first-order chi connectivity index (χ1) is 8.95. The highest BCUT2D eigenvalue weighted by Crippen LogP contribution is 2.31. The normalized spacial score (nSPS) is 11.3. The van der Waals surface area contributed by atoms with Crippen LogP contribution in [-0.2, 0) is 6.42 Å². The van der Waals surface area contributed by atoms with Crippen molar-refractivity contribution in [2.24, 2.45) is 0 Å². The van der Waals surface area contributed by atoms with Gasteiger partial charge in [0.1, 0.15) is 23.2 Å². The average molecular weight is 326 g/mol. The molecular weight excluding hydrogens is 309 g/mol. The van der Waals surface area contributed by atoms with Crippen LogP contribution in [0, 0.1) is 5.82 Å². The second-order valence-electron chi connectivity index (χ2n) is 4.71. The molecule has 0 bridgehead atoms. The molecule has 0 radical (unpaired) electrons. The van der Waals surface area contributed by atoms with Crippen molar-refractivity contribution in [3.8, 4) is 11.3 Å². The Morgan fingerprint density at radius 3 is 2.58 bits per heavy atom. The topological polar surface area (TPSA) is 43.8 Å². The second kappa shape index (κ2) is 5.33. The van der Waals surface area contributed by atoms with Crippen molar-refractivity contribution < 1.29 is 4.39 Å². The molecule has 0 fully saturated rings. The lowest BCUT2D eigenvalue weighted by Crippen LogP contribution is -2.08. The van der Waals surface area contributed by atoms with Crippen LogP contribution in [0.2, 0.25) is 0 Å². The third-order valence-corrected chi connectivity index (χ3v) is 3.65. The molecule has 0 amide bonds. The number of rotatable bonds is 3. The Labute approximate surface area is 120 Å². The molecule has 2 aromatic rings. The largest absolute Gasteiger partial charge is 0.383 e. The van der Waals surface area contributed by atoms with Gasteiger partial charge in [0, 0.05) is 18.0 Å². The van der Waals surface area contributed by atoms with E-state index in [0.717, 1.165) is 17.8 Å². The molecule has 0 aliphatic heterocycles. The van der Waals surface area contributed by atoms with Crippen molar-refractivity contribution in [3.05, 3.63) is 34.3 Å². The van der Waals surface area contributed by atoms with Crippen LogP contribution >= 0.6 is 15.9 Å². The fraction of sp³-hybridized carbons (Fsp3) is 0.357. The molecule has 0 aliphatic carbocycles. The van der Waals surface area contributed by atoms with Crippen LogP contribution in [0.4, 0.5) is 10.2 Å². The Morgan fingerprint density at radius 1 is 1.42 bits per heavy atom. The number of hydrogen-bond acceptors (Lipinski definition) is 2. The first-order valence-electron chi connectivity index (χ1n) is 6.27. The van der Waals surface area contributed by atoms with Crippen molar-refractivity contribution in [2.45, 2.75) is 33.2 Å². The third kappa shape index (κ3) is 2.52. The van der Waals surface area contributed by atoms with E-state index in [1.165, 1.54) is 6.07 Å². The molecule has 0 saturated carbocycles. The number of aryl methyl sites for hydroxylation is 1. The summed E-state index contributed by atoms with van der Waals surface area (Å²) < 4.78 is 15.7. The van der Waals surface area contributed by atoms with Crippen LogP contribution in [0.15, 0.2) is 22.7 Å². The van der Waals surface area contributed by atoms with Gasteiger partial charge in [-0.05, 0) is 48.0 Å². The lowest BCUT2D eigenvalue weighted by Gasteiger charge is -2.12. The van der Waals surface area contributed by atoms with Crippen LogP contribution in [0.3, 0.4) is 0 Å². The van der Waals surface area contributed by atoms with Gasteiger partial charge in [0.2, 0.25) is 0 Å². The Morgan fingerprint density at radius 2 is 2.11 bits per heavy atom. The van der Waals surface area contributed by atoms with Gasteiger partial charge in [0.05, 0.1) is 4.47 Å². The monoisotopic (exact) mass is 325 g/mol. The number of nitrogen functional groups attached to an aromatic ring is 1. The molecule has 0 spiro atoms. The summed E-state index contributed by atoms with van der Waals surface area (Å²) in [7, 11) is 0. The Kier molecular flexibility index (Phi) is 3.94. The first kappa shape index (κ1) is 14.1. The van der Waals surface area contributed by atoms with Crippen LogP contribution < -0.4 is 5.73 Å². The minimum atomic E-state index is -0.290. The molecule has 0 aliphatic rings. The van der Waals surface area contributed by atoms with Crippen LogP contribution in [0.1, 0.15) is 32.6 Å². The van der Waals surface area contributed by atoms with Gasteiger partial charge < -0.3 is 10.3 Å². The molecule has 0 saturated heterocycles. The van der Waals surface area contributed by atoms with E-state index in [9.17, 15) is 4.39 Å². The van der Waals surface area contributed by atoms with E-state index in [0.29, 0.717) is 16.0 Å². The van der Waals surface area contributed by atoms with E-state index in [4.69, 9.17) is 5.73 Å². The number of anilines is 1. The summed E-state index contributed by atoms with van der Waals surface area (Å²) >= 11 is 3.19. The van der Waals surface area contributed by atoms with E-state index >= 15 is 0 Å². The van der Waals surface area contributed by atoms with Crippen molar-refractivity contribution in [3.63, 3.8) is 0 Å². The molecule has 2 N–H and O–H groups in total. The number of halogens is 2. The Balaban J connectivity index is 2.59. The van der Waals surface area contributed by atoms with Crippen molar-refractivity contribution in [1.29, 1.82) is 0 Å². The molecule has 0 unspecified atom stereocenters. The minimum absolute atomic E-state index is 0.250. The van der Waals surface area contributed by atoms with Gasteiger partial charge >= 0.3 is 0 Å². The zero-order valence-corrected chi connectivity index (χ0v) is 12.8. The summed E-state index contributed by atoms with van der Waals surface area (Å²) in [6.45, 7) is 6.19. The summed E-state index contributed by atoms with van der Waals surface area (Å²) in [5.41, 5.74) is 7.73. The maximum Gasteiger partial charge on any atom is 0.137 e. The smallest absolute Gasteiger partial charge is 0.137 e. The third-order valence-electron chi connectivity index (χ3n) is 3.05. The molecular formula is C14H17BrFN3. The SMILES string of the molecule is CCc1nc(-c2ccc(F)c(Br)c2)c(N)n1C(C)C. The number of nitrogens with two attached hydrogens (primary N) is 1. The summed E-state index contributed by atoms with van der Waals surface area (Å²) in [5.74, 6) is 1.29. The molecule has 102 valence electrons. The summed E-state index contributed by atoms with van der Waals surface area (Å²) in [5, 5.41) is 0. The quantitative estimate of drug-likeness (QED) is 0.920. The fourth-order valence-electron chi connectivity index (χ4n) is 2.17. The molecule has 19 heavy (non-hydrogen) atoms. The zero-order valence-electron chi connectivity index (χ0n) is 11.2. The second-order valence-corrected chi connectivity index (χ2v) is 5.56. The van der Waals surface area contributed by atoms with Gasteiger partial charge in [-0.3, -0.25) is 0 Å². The standard InChI is InChI=1S/C14H17BrFN3/c1-4-12-18-13(14(17)19(12)8(2)3)9-5-6-11(16)10(15)7-9/h5-8H,4,17H2,1-3H3. The van der Waals surface area contributed by atoms with Crippen molar-refractivity contribution >= 4 is 21.7 Å².